The molecule has 4 aromatic rings. The van der Waals surface area contributed by atoms with E-state index < -0.39 is 5.54 Å². The highest BCUT2D eigenvalue weighted by Gasteiger charge is 2.55. The lowest BCUT2D eigenvalue weighted by Crippen LogP contribution is -2.56. The van der Waals surface area contributed by atoms with Gasteiger partial charge in [0.1, 0.15) is 6.20 Å². The maximum absolute atomic E-state index is 12.6. The quantitative estimate of drug-likeness (QED) is 0.388. The zero-order valence-electron chi connectivity index (χ0n) is 16.8. The number of quaternary nitrogens is 1. The van der Waals surface area contributed by atoms with Gasteiger partial charge in [0.2, 0.25) is 0 Å². The van der Waals surface area contributed by atoms with Crippen LogP contribution in [0.5, 0.6) is 0 Å². The van der Waals surface area contributed by atoms with Gasteiger partial charge in [-0.2, -0.15) is 4.59 Å². The van der Waals surface area contributed by atoms with Gasteiger partial charge >= 0.3 is 0 Å². The minimum atomic E-state index is -0.921. The van der Waals surface area contributed by atoms with E-state index in [2.05, 4.69) is 39.7 Å². The van der Waals surface area contributed by atoms with Crippen molar-refractivity contribution in [2.24, 2.45) is 0 Å². The molecule has 150 valence electrons. The lowest BCUT2D eigenvalue weighted by Gasteiger charge is -2.37. The lowest BCUT2D eigenvalue weighted by atomic mass is 9.80. The van der Waals surface area contributed by atoms with Crippen molar-refractivity contribution in [1.82, 2.24) is 20.0 Å². The van der Waals surface area contributed by atoms with Crippen LogP contribution in [-0.4, -0.2) is 16.3 Å². The van der Waals surface area contributed by atoms with Gasteiger partial charge in [-0.05, 0) is 12.1 Å². The Balaban J connectivity index is 1.83. The molecule has 1 aliphatic heterocycles. The number of carbonyl (C=O) groups is 1. The molecule has 2 aromatic heterocycles. The molecule has 5 nitrogen and oxygen atoms in total. The first-order valence-electron chi connectivity index (χ1n) is 10.1. The van der Waals surface area contributed by atoms with Crippen LogP contribution in [0.1, 0.15) is 11.1 Å². The monoisotopic (exact) mass is 405 g/mol. The number of benzene rings is 2. The fourth-order valence-electron chi connectivity index (χ4n) is 4.34. The fourth-order valence-corrected chi connectivity index (χ4v) is 4.34. The van der Waals surface area contributed by atoms with Crippen LogP contribution in [0, 0.1) is 0 Å². The average molecular weight is 405 g/mol. The van der Waals surface area contributed by atoms with E-state index in [1.165, 1.54) is 0 Å². The highest BCUT2D eigenvalue weighted by molar-refractivity contribution is 5.83. The zero-order chi connectivity index (χ0) is 21.2. The second-order valence-corrected chi connectivity index (χ2v) is 7.44. The summed E-state index contributed by atoms with van der Waals surface area (Å²) in [6.07, 6.45) is 9.98. The van der Waals surface area contributed by atoms with Crippen molar-refractivity contribution in [3.63, 3.8) is 0 Å². The van der Waals surface area contributed by atoms with Crippen LogP contribution in [0.2, 0.25) is 0 Å². The minimum absolute atomic E-state index is 0.180. The molecule has 3 heterocycles. The molecule has 0 saturated carbocycles. The van der Waals surface area contributed by atoms with Crippen molar-refractivity contribution in [2.75, 3.05) is 0 Å². The van der Waals surface area contributed by atoms with Gasteiger partial charge in [-0.3, -0.25) is 14.8 Å². The topological polar surface area (TPSA) is 54.9 Å². The maximum atomic E-state index is 12.6. The van der Waals surface area contributed by atoms with Crippen molar-refractivity contribution in [2.45, 2.75) is 5.54 Å². The highest BCUT2D eigenvalue weighted by atomic mass is 16.1. The van der Waals surface area contributed by atoms with Crippen LogP contribution in [0.25, 0.3) is 0 Å². The van der Waals surface area contributed by atoms with E-state index in [4.69, 9.17) is 0 Å². The van der Waals surface area contributed by atoms with Crippen molar-refractivity contribution in [1.29, 1.82) is 0 Å². The molecule has 0 bridgehead atoms. The summed E-state index contributed by atoms with van der Waals surface area (Å²) in [6, 6.07) is 28.0. The summed E-state index contributed by atoms with van der Waals surface area (Å²) in [4.78, 5) is 21.3. The van der Waals surface area contributed by atoms with Gasteiger partial charge in [0.05, 0.1) is 5.57 Å². The Morgan fingerprint density at radius 3 is 1.65 bits per heavy atom. The predicted molar refractivity (Wildman–Crippen MR) is 121 cm³/mol. The first-order valence-corrected chi connectivity index (χ1v) is 10.1. The molecular weight excluding hydrogens is 384 g/mol. The number of hydrogen-bond acceptors (Lipinski definition) is 4. The van der Waals surface area contributed by atoms with Crippen molar-refractivity contribution in [3.05, 3.63) is 133 Å². The van der Waals surface area contributed by atoms with Crippen molar-refractivity contribution in [3.8, 4) is 0 Å². The van der Waals surface area contributed by atoms with Crippen LogP contribution in [0.4, 0.5) is 11.4 Å². The molecular formula is C26H21N4O+. The third kappa shape index (κ3) is 2.99. The molecule has 0 aliphatic carbocycles. The largest absolute Gasteiger partial charge is 0.298 e. The van der Waals surface area contributed by atoms with E-state index in [0.29, 0.717) is 5.57 Å². The molecule has 0 radical (unpaired) electrons. The van der Waals surface area contributed by atoms with Crippen LogP contribution < -0.4 is 10.0 Å². The summed E-state index contributed by atoms with van der Waals surface area (Å²) in [5.74, 6) is 0. The molecule has 0 fully saturated rings. The maximum Gasteiger partial charge on any atom is 0.162 e. The second-order valence-electron chi connectivity index (χ2n) is 7.44. The molecule has 2 aromatic carbocycles. The number of para-hydroxylation sites is 2. The highest BCUT2D eigenvalue weighted by Crippen LogP contribution is 2.47. The van der Waals surface area contributed by atoms with Gasteiger partial charge in [0, 0.05) is 60.2 Å². The summed E-state index contributed by atoms with van der Waals surface area (Å²) in [5, 5.41) is 0. The molecule has 0 amide bonds. The van der Waals surface area contributed by atoms with E-state index in [-0.39, 0.29) is 4.59 Å². The molecule has 5 rings (SSSR count). The van der Waals surface area contributed by atoms with E-state index in [1.807, 2.05) is 66.9 Å². The van der Waals surface area contributed by atoms with Gasteiger partial charge < -0.3 is 0 Å². The Kier molecular flexibility index (Phi) is 4.75. The summed E-state index contributed by atoms with van der Waals surface area (Å²) in [5.41, 5.74) is 7.21. The number of pyridine rings is 2. The Hall–Kier alpha value is -3.93. The lowest BCUT2D eigenvalue weighted by molar-refractivity contribution is -0.105. The second kappa shape index (κ2) is 7.72. The Morgan fingerprint density at radius 1 is 0.710 bits per heavy atom. The first-order chi connectivity index (χ1) is 15.3. The average Bonchev–Trinajstić information content (AvgIpc) is 3.24. The van der Waals surface area contributed by atoms with Gasteiger partial charge in [0.25, 0.3) is 0 Å². The molecule has 0 spiro atoms. The zero-order valence-corrected chi connectivity index (χ0v) is 16.8. The smallest absolute Gasteiger partial charge is 0.162 e. The Bertz CT molecular complexity index is 1130. The summed E-state index contributed by atoms with van der Waals surface area (Å²) in [7, 11) is 0. The number of aromatic nitrogens is 2. The number of nitrogens with zero attached hydrogens (tertiary/aromatic N) is 3. The van der Waals surface area contributed by atoms with Gasteiger partial charge in [-0.25, -0.2) is 0 Å². The van der Waals surface area contributed by atoms with Crippen LogP contribution in [0.3, 0.4) is 0 Å². The number of carbonyl (C=O) groups excluding carboxylic acids is 1. The molecule has 1 N–H and O–H groups in total. The molecule has 31 heavy (non-hydrogen) atoms. The summed E-state index contributed by atoms with van der Waals surface area (Å²) >= 11 is 0. The number of nitrogens with one attached hydrogen (secondary N) is 1. The summed E-state index contributed by atoms with van der Waals surface area (Å²) in [6.45, 7) is 0. The molecule has 0 unspecified atom stereocenters. The molecule has 0 saturated heterocycles. The van der Waals surface area contributed by atoms with E-state index in [9.17, 15) is 4.79 Å². The summed E-state index contributed by atoms with van der Waals surface area (Å²) < 4.78 is 0.180. The molecule has 1 aliphatic rings. The standard InChI is InChI=1S/C26H21N4O/c31-20-23-19-30(24-11-3-1-4-12-24,25-13-5-2-6-14-25)29-26(23,21-9-7-15-27-17-21)22-10-8-16-28-18-22/h1-20,29H/q+1. The van der Waals surface area contributed by atoms with Gasteiger partial charge in [0.15, 0.2) is 23.2 Å². The minimum Gasteiger partial charge on any atom is -0.298 e. The van der Waals surface area contributed by atoms with Gasteiger partial charge in [-0.15, -0.1) is 5.43 Å². The van der Waals surface area contributed by atoms with E-state index >= 15 is 0 Å². The third-order valence-electron chi connectivity index (χ3n) is 5.75. The number of hydrogen-bond donors (Lipinski definition) is 1. The third-order valence-corrected chi connectivity index (χ3v) is 5.75. The van der Waals surface area contributed by atoms with Crippen molar-refractivity contribution < 1.29 is 4.79 Å². The molecule has 5 heteroatoms. The predicted octanol–water partition coefficient (Wildman–Crippen LogP) is 4.66. The first kappa shape index (κ1) is 19.1. The van der Waals surface area contributed by atoms with Crippen LogP contribution in [0.15, 0.2) is 121 Å². The van der Waals surface area contributed by atoms with Crippen LogP contribution in [-0.2, 0) is 10.3 Å². The van der Waals surface area contributed by atoms with Crippen LogP contribution >= 0.6 is 0 Å². The fraction of sp³-hybridized carbons (Fsp3) is 0.0385. The normalized spacial score (nSPS) is 16.5. The number of aldehydes is 1. The Morgan fingerprint density at radius 2 is 1.23 bits per heavy atom. The van der Waals surface area contributed by atoms with E-state index in [1.54, 1.807) is 24.8 Å². The molecule has 0 atom stereocenters. The van der Waals surface area contributed by atoms with E-state index in [0.717, 1.165) is 28.8 Å². The number of rotatable bonds is 5. The SMILES string of the molecule is O=CC1=C[N+](c2ccccc2)(c2ccccc2)NC1(c1cccnc1)c1cccnc1. The van der Waals surface area contributed by atoms with Crippen molar-refractivity contribution >= 4 is 17.7 Å². The Labute approximate surface area is 180 Å². The van der Waals surface area contributed by atoms with Gasteiger partial charge in [-0.1, -0.05) is 48.5 Å².